The van der Waals surface area contributed by atoms with Gasteiger partial charge in [0.1, 0.15) is 5.41 Å². The average Bonchev–Trinajstić information content (AvgIpc) is 2.91. The minimum absolute atomic E-state index is 0.0209. The smallest absolute Gasteiger partial charge is 0.237 e. The number of carbonyl (C=O) groups excluding carboxylic acids is 1. The van der Waals surface area contributed by atoms with Crippen molar-refractivity contribution in [3.8, 4) is 0 Å². The molecule has 0 bridgehead atoms. The van der Waals surface area contributed by atoms with E-state index in [1.165, 1.54) is 6.42 Å². The molecular formula is C15H23N5O2. The van der Waals surface area contributed by atoms with Crippen LogP contribution >= 0.6 is 0 Å². The van der Waals surface area contributed by atoms with E-state index in [0.717, 1.165) is 52.0 Å². The van der Waals surface area contributed by atoms with E-state index in [0.29, 0.717) is 11.7 Å². The molecule has 3 fully saturated rings. The second-order valence-corrected chi connectivity index (χ2v) is 7.21. The maximum absolute atomic E-state index is 13.4. The van der Waals surface area contributed by atoms with Crippen molar-refractivity contribution in [3.05, 3.63) is 5.82 Å². The van der Waals surface area contributed by atoms with E-state index >= 15 is 0 Å². The van der Waals surface area contributed by atoms with E-state index in [1.54, 1.807) is 0 Å². The fraction of sp³-hybridized carbons (Fsp3) is 0.867. The summed E-state index contributed by atoms with van der Waals surface area (Å²) < 4.78 is 5.51. The van der Waals surface area contributed by atoms with Gasteiger partial charge in [-0.1, -0.05) is 12.1 Å². The highest BCUT2D eigenvalue weighted by molar-refractivity contribution is 5.92. The van der Waals surface area contributed by atoms with Gasteiger partial charge in [-0.2, -0.15) is 5.21 Å². The van der Waals surface area contributed by atoms with E-state index in [-0.39, 0.29) is 11.3 Å². The van der Waals surface area contributed by atoms with Crippen LogP contribution in [0, 0.1) is 11.3 Å². The Labute approximate surface area is 129 Å². The molecule has 2 saturated heterocycles. The van der Waals surface area contributed by atoms with Crippen LogP contribution in [0.4, 0.5) is 0 Å². The molecule has 0 aromatic carbocycles. The van der Waals surface area contributed by atoms with Crippen molar-refractivity contribution >= 4 is 5.91 Å². The van der Waals surface area contributed by atoms with Gasteiger partial charge < -0.3 is 9.64 Å². The Morgan fingerprint density at radius 1 is 1.41 bits per heavy atom. The Bertz CT molecular complexity index is 554. The maximum atomic E-state index is 13.4. The summed E-state index contributed by atoms with van der Waals surface area (Å²) in [7, 11) is 0. The van der Waals surface area contributed by atoms with Gasteiger partial charge in [-0.3, -0.25) is 4.79 Å². The fourth-order valence-electron chi connectivity index (χ4n) is 4.53. The first-order valence-corrected chi connectivity index (χ1v) is 8.29. The number of hydrogen-bond acceptors (Lipinski definition) is 5. The molecule has 120 valence electrons. The van der Waals surface area contributed by atoms with Gasteiger partial charge in [0.2, 0.25) is 5.91 Å². The molecule has 1 amide bonds. The fourth-order valence-corrected chi connectivity index (χ4v) is 4.53. The van der Waals surface area contributed by atoms with E-state index in [2.05, 4.69) is 27.5 Å². The zero-order chi connectivity index (χ0) is 15.2. The van der Waals surface area contributed by atoms with Gasteiger partial charge in [0, 0.05) is 26.3 Å². The molecule has 1 aliphatic carbocycles. The number of ether oxygens (including phenoxy) is 1. The Kier molecular flexibility index (Phi) is 3.21. The molecule has 1 spiro atoms. The summed E-state index contributed by atoms with van der Waals surface area (Å²) in [5.41, 5.74) is -0.590. The maximum Gasteiger partial charge on any atom is 0.237 e. The highest BCUT2D eigenvalue weighted by Crippen LogP contribution is 2.69. The number of H-pyrrole nitrogens is 1. The Balaban J connectivity index is 1.66. The van der Waals surface area contributed by atoms with Gasteiger partial charge in [-0.25, -0.2) is 0 Å². The number of nitrogens with zero attached hydrogens (tertiary/aromatic N) is 4. The number of aromatic amines is 1. The number of nitrogens with one attached hydrogen (secondary N) is 1. The minimum atomic E-state index is -0.569. The molecule has 2 atom stereocenters. The van der Waals surface area contributed by atoms with E-state index in [9.17, 15) is 4.79 Å². The topological polar surface area (TPSA) is 84.0 Å². The molecule has 4 rings (SSSR count). The van der Waals surface area contributed by atoms with Crippen LogP contribution in [0.5, 0.6) is 0 Å². The first-order chi connectivity index (χ1) is 10.7. The third kappa shape index (κ3) is 1.91. The van der Waals surface area contributed by atoms with Crippen molar-refractivity contribution in [2.75, 3.05) is 26.3 Å². The Hall–Kier alpha value is -1.50. The Morgan fingerprint density at radius 3 is 2.91 bits per heavy atom. The van der Waals surface area contributed by atoms with E-state index in [1.807, 2.05) is 4.90 Å². The van der Waals surface area contributed by atoms with Crippen molar-refractivity contribution in [2.24, 2.45) is 11.3 Å². The number of amides is 1. The minimum Gasteiger partial charge on any atom is -0.381 e. The quantitative estimate of drug-likeness (QED) is 0.877. The van der Waals surface area contributed by atoms with Crippen LogP contribution in [-0.4, -0.2) is 57.7 Å². The lowest BCUT2D eigenvalue weighted by Gasteiger charge is -2.35. The molecule has 3 heterocycles. The van der Waals surface area contributed by atoms with Crippen LogP contribution in [0.2, 0.25) is 0 Å². The lowest BCUT2D eigenvalue weighted by molar-refractivity contribution is -0.137. The van der Waals surface area contributed by atoms with Gasteiger partial charge in [0.25, 0.3) is 0 Å². The predicted molar refractivity (Wildman–Crippen MR) is 77.9 cm³/mol. The number of tetrazole rings is 1. The van der Waals surface area contributed by atoms with Crippen LogP contribution in [0.25, 0.3) is 0 Å². The lowest BCUT2D eigenvalue weighted by Crippen LogP contribution is -2.47. The third-order valence-electron chi connectivity index (χ3n) is 5.87. The predicted octanol–water partition coefficient (Wildman–Crippen LogP) is 0.896. The van der Waals surface area contributed by atoms with Crippen molar-refractivity contribution in [1.29, 1.82) is 0 Å². The van der Waals surface area contributed by atoms with Gasteiger partial charge in [-0.15, -0.1) is 10.2 Å². The summed E-state index contributed by atoms with van der Waals surface area (Å²) in [6.45, 7) is 5.38. The molecule has 1 aromatic heterocycles. The summed E-state index contributed by atoms with van der Waals surface area (Å²) >= 11 is 0. The van der Waals surface area contributed by atoms with Crippen molar-refractivity contribution in [2.45, 2.75) is 44.4 Å². The third-order valence-corrected chi connectivity index (χ3v) is 5.87. The SMILES string of the molecule is CC1CCCN(C(=O)C2(c3nn[nH]n3)CC23CCOCC3)C1. The molecule has 2 aliphatic heterocycles. The summed E-state index contributed by atoms with van der Waals surface area (Å²) in [6, 6.07) is 0. The number of carbonyl (C=O) groups is 1. The molecule has 3 aliphatic rings. The highest BCUT2D eigenvalue weighted by atomic mass is 16.5. The number of hydrogen-bond donors (Lipinski definition) is 1. The zero-order valence-electron chi connectivity index (χ0n) is 13.0. The van der Waals surface area contributed by atoms with E-state index in [4.69, 9.17) is 4.74 Å². The van der Waals surface area contributed by atoms with Crippen molar-refractivity contribution in [3.63, 3.8) is 0 Å². The van der Waals surface area contributed by atoms with Crippen molar-refractivity contribution in [1.82, 2.24) is 25.5 Å². The molecule has 1 N–H and O–H groups in total. The molecule has 2 unspecified atom stereocenters. The van der Waals surface area contributed by atoms with Gasteiger partial charge in [-0.05, 0) is 43.4 Å². The van der Waals surface area contributed by atoms with Crippen LogP contribution in [0.3, 0.4) is 0 Å². The lowest BCUT2D eigenvalue weighted by atomic mass is 9.83. The second-order valence-electron chi connectivity index (χ2n) is 7.21. The summed E-state index contributed by atoms with van der Waals surface area (Å²) in [5.74, 6) is 1.37. The Morgan fingerprint density at radius 2 is 2.23 bits per heavy atom. The average molecular weight is 305 g/mol. The first-order valence-electron chi connectivity index (χ1n) is 8.29. The summed E-state index contributed by atoms with van der Waals surface area (Å²) in [5, 5.41) is 14.6. The molecule has 1 saturated carbocycles. The second kappa shape index (κ2) is 5.01. The van der Waals surface area contributed by atoms with Gasteiger partial charge in [0.05, 0.1) is 0 Å². The molecule has 1 aromatic rings. The molecular weight excluding hydrogens is 282 g/mol. The largest absolute Gasteiger partial charge is 0.381 e. The van der Waals surface area contributed by atoms with Crippen LogP contribution in [-0.2, 0) is 14.9 Å². The van der Waals surface area contributed by atoms with Crippen LogP contribution in [0.1, 0.15) is 44.9 Å². The first kappa shape index (κ1) is 14.1. The number of rotatable bonds is 2. The number of piperidine rings is 1. The van der Waals surface area contributed by atoms with Gasteiger partial charge >= 0.3 is 0 Å². The van der Waals surface area contributed by atoms with Crippen LogP contribution < -0.4 is 0 Å². The number of likely N-dealkylation sites (tertiary alicyclic amines) is 1. The zero-order valence-corrected chi connectivity index (χ0v) is 13.0. The molecule has 7 nitrogen and oxygen atoms in total. The standard InChI is InChI=1S/C15H23N5O2/c1-11-3-2-6-20(9-11)13(21)15(12-16-18-19-17-12)10-14(15)4-7-22-8-5-14/h11H,2-10H2,1H3,(H,16,17,18,19). The summed E-state index contributed by atoms with van der Waals surface area (Å²) in [4.78, 5) is 15.4. The highest BCUT2D eigenvalue weighted by Gasteiger charge is 2.75. The molecule has 7 heteroatoms. The normalized spacial score (nSPS) is 33.9. The monoisotopic (exact) mass is 305 g/mol. The molecule has 22 heavy (non-hydrogen) atoms. The summed E-state index contributed by atoms with van der Waals surface area (Å²) in [6.07, 6.45) is 4.96. The van der Waals surface area contributed by atoms with Crippen molar-refractivity contribution < 1.29 is 9.53 Å². The molecule has 0 radical (unpaired) electrons. The number of aromatic nitrogens is 4. The van der Waals surface area contributed by atoms with Crippen LogP contribution in [0.15, 0.2) is 0 Å². The van der Waals surface area contributed by atoms with E-state index < -0.39 is 5.41 Å². The van der Waals surface area contributed by atoms with Gasteiger partial charge in [0.15, 0.2) is 5.82 Å².